The van der Waals surface area contributed by atoms with E-state index in [1.807, 2.05) is 18.2 Å². The van der Waals surface area contributed by atoms with E-state index in [2.05, 4.69) is 29.2 Å². The van der Waals surface area contributed by atoms with E-state index < -0.39 is 0 Å². The average Bonchev–Trinajstić information content (AvgIpc) is 2.84. The third kappa shape index (κ3) is 2.16. The predicted octanol–water partition coefficient (Wildman–Crippen LogP) is 2.72. The lowest BCUT2D eigenvalue weighted by Gasteiger charge is -2.18. The fourth-order valence-corrected chi connectivity index (χ4v) is 2.87. The number of aliphatic hydroxyl groups is 1. The zero-order valence-electron chi connectivity index (χ0n) is 10.3. The smallest absolute Gasteiger partial charge is 0.0664 e. The summed E-state index contributed by atoms with van der Waals surface area (Å²) in [6, 6.07) is 14.3. The Bertz CT molecular complexity index is 524. The summed E-state index contributed by atoms with van der Waals surface area (Å²) >= 11 is 0. The molecule has 1 aromatic heterocycles. The second-order valence-corrected chi connectivity index (χ2v) is 4.94. The van der Waals surface area contributed by atoms with Crippen molar-refractivity contribution in [1.82, 2.24) is 4.98 Å². The van der Waals surface area contributed by atoms with E-state index in [1.165, 1.54) is 11.1 Å². The minimum atomic E-state index is -0.330. The largest absolute Gasteiger partial charge is 0.392 e. The third-order valence-corrected chi connectivity index (χ3v) is 3.79. The van der Waals surface area contributed by atoms with Crippen molar-refractivity contribution >= 4 is 0 Å². The van der Waals surface area contributed by atoms with Gasteiger partial charge in [-0.25, -0.2) is 0 Å². The first-order valence-corrected chi connectivity index (χ1v) is 6.50. The van der Waals surface area contributed by atoms with Crippen LogP contribution >= 0.6 is 0 Å². The lowest BCUT2D eigenvalue weighted by Crippen LogP contribution is -2.19. The molecule has 0 saturated heterocycles. The van der Waals surface area contributed by atoms with E-state index in [4.69, 9.17) is 0 Å². The van der Waals surface area contributed by atoms with Crippen LogP contribution in [-0.2, 0) is 12.8 Å². The molecule has 0 aliphatic heterocycles. The van der Waals surface area contributed by atoms with E-state index in [1.54, 1.807) is 6.20 Å². The molecule has 1 aliphatic carbocycles. The molecule has 2 nitrogen and oxygen atoms in total. The highest BCUT2D eigenvalue weighted by atomic mass is 16.3. The van der Waals surface area contributed by atoms with Gasteiger partial charge in [0.1, 0.15) is 0 Å². The fraction of sp³-hybridized carbons (Fsp3) is 0.312. The number of aryl methyl sites for hydroxylation is 1. The fourth-order valence-electron chi connectivity index (χ4n) is 2.87. The Hall–Kier alpha value is -1.67. The topological polar surface area (TPSA) is 33.1 Å². The first-order valence-electron chi connectivity index (χ1n) is 6.50. The summed E-state index contributed by atoms with van der Waals surface area (Å²) in [6.45, 7) is 0. The second-order valence-electron chi connectivity index (χ2n) is 4.94. The van der Waals surface area contributed by atoms with Gasteiger partial charge in [-0.3, -0.25) is 4.98 Å². The Balaban J connectivity index is 1.77. The number of aliphatic hydroxyl groups excluding tert-OH is 1. The molecule has 0 bridgehead atoms. The normalized spacial score (nSPS) is 19.5. The van der Waals surface area contributed by atoms with Crippen molar-refractivity contribution in [3.8, 4) is 0 Å². The third-order valence-electron chi connectivity index (χ3n) is 3.79. The summed E-state index contributed by atoms with van der Waals surface area (Å²) in [4.78, 5) is 4.29. The predicted molar refractivity (Wildman–Crippen MR) is 71.5 cm³/mol. The number of fused-ring (bicyclic) bond motifs is 1. The molecule has 2 atom stereocenters. The van der Waals surface area contributed by atoms with Gasteiger partial charge in [0.05, 0.1) is 6.10 Å². The summed E-state index contributed by atoms with van der Waals surface area (Å²) in [5.74, 6) is 0.267. The van der Waals surface area contributed by atoms with Crippen LogP contribution in [0.1, 0.15) is 29.2 Å². The number of hydrogen-bond donors (Lipinski definition) is 1. The maximum atomic E-state index is 10.4. The summed E-state index contributed by atoms with van der Waals surface area (Å²) in [6.07, 6.45) is 4.22. The van der Waals surface area contributed by atoms with Gasteiger partial charge in [0.15, 0.2) is 0 Å². The Morgan fingerprint density at radius 3 is 2.83 bits per heavy atom. The lowest BCUT2D eigenvalue weighted by molar-refractivity contribution is 0.142. The van der Waals surface area contributed by atoms with Crippen molar-refractivity contribution in [2.75, 3.05) is 0 Å². The van der Waals surface area contributed by atoms with Gasteiger partial charge in [-0.15, -0.1) is 0 Å². The Morgan fingerprint density at radius 2 is 2.00 bits per heavy atom. The average molecular weight is 239 g/mol. The molecule has 1 aromatic carbocycles. The van der Waals surface area contributed by atoms with Crippen LogP contribution in [0.15, 0.2) is 48.7 Å². The monoisotopic (exact) mass is 239 g/mol. The van der Waals surface area contributed by atoms with Crippen molar-refractivity contribution in [2.24, 2.45) is 0 Å². The lowest BCUT2D eigenvalue weighted by atomic mass is 9.92. The van der Waals surface area contributed by atoms with Gasteiger partial charge < -0.3 is 5.11 Å². The van der Waals surface area contributed by atoms with Crippen LogP contribution in [0.5, 0.6) is 0 Å². The van der Waals surface area contributed by atoms with E-state index in [0.717, 1.165) is 18.5 Å². The van der Waals surface area contributed by atoms with Crippen molar-refractivity contribution < 1.29 is 5.11 Å². The number of rotatable bonds is 3. The molecule has 18 heavy (non-hydrogen) atoms. The van der Waals surface area contributed by atoms with Crippen LogP contribution in [0.4, 0.5) is 0 Å². The molecule has 0 amide bonds. The summed E-state index contributed by atoms with van der Waals surface area (Å²) < 4.78 is 0. The van der Waals surface area contributed by atoms with Crippen molar-refractivity contribution in [3.05, 3.63) is 65.5 Å². The van der Waals surface area contributed by atoms with Gasteiger partial charge in [0, 0.05) is 24.2 Å². The summed E-state index contributed by atoms with van der Waals surface area (Å²) in [5, 5.41) is 10.4. The van der Waals surface area contributed by atoms with Gasteiger partial charge in [-0.1, -0.05) is 30.3 Å². The minimum Gasteiger partial charge on any atom is -0.392 e. The molecule has 2 aromatic rings. The summed E-state index contributed by atoms with van der Waals surface area (Å²) in [5.41, 5.74) is 3.68. The summed E-state index contributed by atoms with van der Waals surface area (Å²) in [7, 11) is 0. The molecular weight excluding hydrogens is 222 g/mol. The first kappa shape index (κ1) is 11.4. The van der Waals surface area contributed by atoms with E-state index in [0.29, 0.717) is 6.42 Å². The number of nitrogens with zero attached hydrogens (tertiary/aromatic N) is 1. The van der Waals surface area contributed by atoms with Crippen LogP contribution < -0.4 is 0 Å². The second kappa shape index (κ2) is 4.91. The molecule has 3 rings (SSSR count). The molecule has 2 heteroatoms. The molecule has 0 fully saturated rings. The van der Waals surface area contributed by atoms with Crippen LogP contribution in [0, 0.1) is 0 Å². The van der Waals surface area contributed by atoms with Crippen molar-refractivity contribution in [3.63, 3.8) is 0 Å². The maximum absolute atomic E-state index is 10.4. The van der Waals surface area contributed by atoms with Crippen LogP contribution in [0.25, 0.3) is 0 Å². The number of aromatic nitrogens is 1. The van der Waals surface area contributed by atoms with Gasteiger partial charge in [0.2, 0.25) is 0 Å². The molecule has 1 N–H and O–H groups in total. The zero-order valence-corrected chi connectivity index (χ0v) is 10.3. The molecule has 1 aliphatic rings. The highest BCUT2D eigenvalue weighted by Gasteiger charge is 2.28. The van der Waals surface area contributed by atoms with Gasteiger partial charge >= 0.3 is 0 Å². The number of benzene rings is 1. The minimum absolute atomic E-state index is 0.267. The number of hydrogen-bond acceptors (Lipinski definition) is 2. The quantitative estimate of drug-likeness (QED) is 0.893. The Morgan fingerprint density at radius 1 is 1.17 bits per heavy atom. The van der Waals surface area contributed by atoms with E-state index in [9.17, 15) is 5.11 Å². The number of pyridine rings is 1. The highest BCUT2D eigenvalue weighted by Crippen LogP contribution is 2.36. The molecule has 0 saturated carbocycles. The molecular formula is C16H17NO. The van der Waals surface area contributed by atoms with Crippen LogP contribution in [0.2, 0.25) is 0 Å². The Kier molecular flexibility index (Phi) is 3.11. The molecule has 0 spiro atoms. The Labute approximate surface area is 107 Å². The zero-order chi connectivity index (χ0) is 12.4. The van der Waals surface area contributed by atoms with Crippen molar-refractivity contribution in [2.45, 2.75) is 31.3 Å². The molecule has 0 radical (unpaired) electrons. The molecule has 92 valence electrons. The van der Waals surface area contributed by atoms with Crippen LogP contribution in [0.3, 0.4) is 0 Å². The van der Waals surface area contributed by atoms with E-state index in [-0.39, 0.29) is 12.0 Å². The first-order chi connectivity index (χ1) is 8.84. The molecule has 1 heterocycles. The molecule has 2 unspecified atom stereocenters. The van der Waals surface area contributed by atoms with Crippen LogP contribution in [-0.4, -0.2) is 16.2 Å². The SMILES string of the molecule is OC(Cc1ccccn1)C1CCc2ccccc21. The van der Waals surface area contributed by atoms with Gasteiger partial charge in [0.25, 0.3) is 0 Å². The van der Waals surface area contributed by atoms with E-state index >= 15 is 0 Å². The van der Waals surface area contributed by atoms with Crippen molar-refractivity contribution in [1.29, 1.82) is 0 Å². The standard InChI is InChI=1S/C16H17NO/c18-16(11-13-6-3-4-10-17-13)15-9-8-12-5-1-2-7-14(12)15/h1-7,10,15-16,18H,8-9,11H2. The van der Waals surface area contributed by atoms with Gasteiger partial charge in [-0.2, -0.15) is 0 Å². The maximum Gasteiger partial charge on any atom is 0.0664 e. The highest BCUT2D eigenvalue weighted by molar-refractivity contribution is 5.35. The van der Waals surface area contributed by atoms with Gasteiger partial charge in [-0.05, 0) is 36.1 Å².